The topological polar surface area (TPSA) is 46.6 Å². The molecule has 2 aromatic carbocycles. The number of carbonyl (C=O) groups is 2. The van der Waals surface area contributed by atoms with Crippen LogP contribution in [0.5, 0.6) is 5.75 Å². The van der Waals surface area contributed by atoms with Crippen LogP contribution in [0.2, 0.25) is 0 Å². The van der Waals surface area contributed by atoms with Crippen molar-refractivity contribution in [1.29, 1.82) is 0 Å². The number of para-hydroxylation sites is 1. The second-order valence-corrected chi connectivity index (χ2v) is 6.94. The molecule has 2 aromatic rings. The molecule has 0 atom stereocenters. The molecule has 0 saturated heterocycles. The first-order valence-electron chi connectivity index (χ1n) is 9.40. The van der Waals surface area contributed by atoms with E-state index in [0.717, 1.165) is 48.4 Å². The monoisotopic (exact) mass is 349 g/mol. The van der Waals surface area contributed by atoms with E-state index < -0.39 is 0 Å². The Balaban J connectivity index is 1.32. The van der Waals surface area contributed by atoms with Crippen molar-refractivity contribution in [2.75, 3.05) is 18.1 Å². The highest BCUT2D eigenvalue weighted by Gasteiger charge is 2.23. The Labute approximate surface area is 153 Å². The maximum atomic E-state index is 12.6. The summed E-state index contributed by atoms with van der Waals surface area (Å²) in [7, 11) is 0. The molecule has 1 heterocycles. The molecule has 26 heavy (non-hydrogen) atoms. The van der Waals surface area contributed by atoms with E-state index in [4.69, 9.17) is 4.74 Å². The van der Waals surface area contributed by atoms with Crippen molar-refractivity contribution in [3.63, 3.8) is 0 Å². The summed E-state index contributed by atoms with van der Waals surface area (Å²) in [5.74, 6) is 1.16. The lowest BCUT2D eigenvalue weighted by Gasteiger charge is -2.29. The number of hydrogen-bond donors (Lipinski definition) is 0. The van der Waals surface area contributed by atoms with Crippen molar-refractivity contribution in [2.45, 2.75) is 38.5 Å². The molecule has 0 saturated carbocycles. The zero-order valence-corrected chi connectivity index (χ0v) is 14.9. The summed E-state index contributed by atoms with van der Waals surface area (Å²) in [6.45, 7) is 1.29. The van der Waals surface area contributed by atoms with Crippen molar-refractivity contribution in [3.8, 4) is 5.75 Å². The van der Waals surface area contributed by atoms with Gasteiger partial charge in [0, 0.05) is 36.2 Å². The summed E-state index contributed by atoms with van der Waals surface area (Å²) in [6, 6.07) is 13.8. The van der Waals surface area contributed by atoms with Crippen LogP contribution in [0.15, 0.2) is 42.5 Å². The lowest BCUT2D eigenvalue weighted by atomic mass is 10.0. The van der Waals surface area contributed by atoms with Crippen LogP contribution in [0.25, 0.3) is 0 Å². The maximum absolute atomic E-state index is 12.6. The number of aryl methyl sites for hydroxylation is 1. The van der Waals surface area contributed by atoms with Gasteiger partial charge in [-0.25, -0.2) is 0 Å². The van der Waals surface area contributed by atoms with Gasteiger partial charge in [0.25, 0.3) is 0 Å². The average Bonchev–Trinajstić information content (AvgIpc) is 3.06. The lowest BCUT2D eigenvalue weighted by Crippen LogP contribution is -2.35. The molecule has 1 aliphatic heterocycles. The van der Waals surface area contributed by atoms with Crippen molar-refractivity contribution in [3.05, 3.63) is 59.2 Å². The van der Waals surface area contributed by atoms with Crippen LogP contribution >= 0.6 is 0 Å². The summed E-state index contributed by atoms with van der Waals surface area (Å²) in [5.41, 5.74) is 4.13. The van der Waals surface area contributed by atoms with Crippen LogP contribution in [-0.4, -0.2) is 24.8 Å². The van der Waals surface area contributed by atoms with Crippen molar-refractivity contribution < 1.29 is 14.3 Å². The van der Waals surface area contributed by atoms with Crippen molar-refractivity contribution >= 4 is 17.4 Å². The van der Waals surface area contributed by atoms with Crippen molar-refractivity contribution in [2.24, 2.45) is 0 Å². The predicted octanol–water partition coefficient (Wildman–Crippen LogP) is 3.95. The molecule has 0 bridgehead atoms. The minimum absolute atomic E-state index is 0.161. The largest absolute Gasteiger partial charge is 0.493 e. The van der Waals surface area contributed by atoms with Gasteiger partial charge in [-0.1, -0.05) is 30.3 Å². The van der Waals surface area contributed by atoms with Gasteiger partial charge in [0.15, 0.2) is 5.78 Å². The molecule has 0 N–H and O–H groups in total. The number of rotatable bonds is 5. The highest BCUT2D eigenvalue weighted by Crippen LogP contribution is 2.31. The number of carbonyl (C=O) groups excluding carboxylic acids is 2. The number of Topliss-reactive ketones (excluding diaryl/α,β-unsaturated/α-hetero) is 1. The van der Waals surface area contributed by atoms with Gasteiger partial charge in [0.2, 0.25) is 5.91 Å². The number of benzene rings is 2. The standard InChI is InChI=1S/C22H23NO3/c24-20-13-12-18-17(20)8-3-10-21(18)26-15-5-11-22(25)23-14-4-7-16-6-1-2-9-19(16)23/h1-3,6,8-10H,4-5,7,11-15H2. The Morgan fingerprint density at radius 1 is 1.04 bits per heavy atom. The Bertz CT molecular complexity index is 843. The van der Waals surface area contributed by atoms with E-state index in [2.05, 4.69) is 6.07 Å². The quantitative estimate of drug-likeness (QED) is 0.768. The summed E-state index contributed by atoms with van der Waals surface area (Å²) in [4.78, 5) is 26.3. The smallest absolute Gasteiger partial charge is 0.227 e. The minimum Gasteiger partial charge on any atom is -0.493 e. The van der Waals surface area contributed by atoms with E-state index in [1.807, 2.05) is 41.3 Å². The van der Waals surface area contributed by atoms with Crippen LogP contribution in [0, 0.1) is 0 Å². The molecule has 1 aliphatic carbocycles. The molecule has 0 fully saturated rings. The Hall–Kier alpha value is -2.62. The fourth-order valence-corrected chi connectivity index (χ4v) is 3.93. The number of ether oxygens (including phenoxy) is 1. The van der Waals surface area contributed by atoms with Crippen LogP contribution in [0.1, 0.15) is 47.2 Å². The average molecular weight is 349 g/mol. The molecular weight excluding hydrogens is 326 g/mol. The third-order valence-electron chi connectivity index (χ3n) is 5.24. The highest BCUT2D eigenvalue weighted by atomic mass is 16.5. The Kier molecular flexibility index (Phi) is 4.74. The maximum Gasteiger partial charge on any atom is 0.227 e. The first-order valence-corrected chi connectivity index (χ1v) is 9.40. The van der Waals surface area contributed by atoms with E-state index in [-0.39, 0.29) is 11.7 Å². The lowest BCUT2D eigenvalue weighted by molar-refractivity contribution is -0.118. The predicted molar refractivity (Wildman–Crippen MR) is 101 cm³/mol. The first-order chi connectivity index (χ1) is 12.7. The van der Waals surface area contributed by atoms with Gasteiger partial charge in [-0.3, -0.25) is 9.59 Å². The third kappa shape index (κ3) is 3.24. The van der Waals surface area contributed by atoms with Gasteiger partial charge < -0.3 is 9.64 Å². The third-order valence-corrected chi connectivity index (χ3v) is 5.24. The van der Waals surface area contributed by atoms with E-state index in [1.165, 1.54) is 5.56 Å². The Morgan fingerprint density at radius 2 is 1.92 bits per heavy atom. The van der Waals surface area contributed by atoms with Gasteiger partial charge in [0.1, 0.15) is 5.75 Å². The van der Waals surface area contributed by atoms with Crippen LogP contribution in [-0.2, 0) is 17.6 Å². The van der Waals surface area contributed by atoms with Gasteiger partial charge in [-0.15, -0.1) is 0 Å². The van der Waals surface area contributed by atoms with E-state index >= 15 is 0 Å². The zero-order chi connectivity index (χ0) is 17.9. The molecule has 2 aliphatic rings. The molecular formula is C22H23NO3. The van der Waals surface area contributed by atoms with E-state index in [1.54, 1.807) is 0 Å². The molecule has 1 amide bonds. The fourth-order valence-electron chi connectivity index (χ4n) is 3.93. The molecule has 4 heteroatoms. The van der Waals surface area contributed by atoms with Gasteiger partial charge in [-0.05, 0) is 43.4 Å². The Morgan fingerprint density at radius 3 is 2.85 bits per heavy atom. The second-order valence-electron chi connectivity index (χ2n) is 6.94. The number of fused-ring (bicyclic) bond motifs is 2. The van der Waals surface area contributed by atoms with Gasteiger partial charge >= 0.3 is 0 Å². The van der Waals surface area contributed by atoms with Crippen LogP contribution < -0.4 is 9.64 Å². The minimum atomic E-state index is 0.161. The summed E-state index contributed by atoms with van der Waals surface area (Å²) in [5, 5.41) is 0. The van der Waals surface area contributed by atoms with Crippen LogP contribution in [0.3, 0.4) is 0 Å². The molecule has 0 aromatic heterocycles. The van der Waals surface area contributed by atoms with E-state index in [9.17, 15) is 9.59 Å². The van der Waals surface area contributed by atoms with Gasteiger partial charge in [0.05, 0.1) is 6.61 Å². The highest BCUT2D eigenvalue weighted by molar-refractivity contribution is 6.01. The second kappa shape index (κ2) is 7.32. The molecule has 4 nitrogen and oxygen atoms in total. The summed E-state index contributed by atoms with van der Waals surface area (Å²) >= 11 is 0. The number of ketones is 1. The first kappa shape index (κ1) is 16.8. The number of amides is 1. The SMILES string of the molecule is O=C1CCc2c(OCCCC(=O)N3CCCc4ccccc43)cccc21. The molecule has 0 unspecified atom stereocenters. The fraction of sp³-hybridized carbons (Fsp3) is 0.364. The molecule has 134 valence electrons. The number of hydrogen-bond acceptors (Lipinski definition) is 3. The summed E-state index contributed by atoms with van der Waals surface area (Å²) < 4.78 is 5.88. The van der Waals surface area contributed by atoms with Gasteiger partial charge in [-0.2, -0.15) is 0 Å². The number of nitrogens with zero attached hydrogens (tertiary/aromatic N) is 1. The van der Waals surface area contributed by atoms with E-state index in [0.29, 0.717) is 25.9 Å². The van der Waals surface area contributed by atoms with Crippen molar-refractivity contribution in [1.82, 2.24) is 0 Å². The molecule has 0 radical (unpaired) electrons. The molecule has 4 rings (SSSR count). The number of anilines is 1. The molecule has 0 spiro atoms. The zero-order valence-electron chi connectivity index (χ0n) is 14.9. The van der Waals surface area contributed by atoms with Crippen LogP contribution in [0.4, 0.5) is 5.69 Å². The normalized spacial score (nSPS) is 15.5. The summed E-state index contributed by atoms with van der Waals surface area (Å²) in [6.07, 6.45) is 4.54.